The molecule has 4 rings (SSSR count). The maximum Gasteiger partial charge on any atom is 0.0429 e. The van der Waals surface area contributed by atoms with E-state index < -0.39 is 0 Å². The number of hydrogen-bond acceptors (Lipinski definition) is 2. The van der Waals surface area contributed by atoms with Gasteiger partial charge in [-0.15, -0.1) is 0 Å². The summed E-state index contributed by atoms with van der Waals surface area (Å²) in [7, 11) is 2.23. The second-order valence-electron chi connectivity index (χ2n) is 7.71. The maximum absolute atomic E-state index is 2.67. The first-order valence-electron chi connectivity index (χ1n) is 9.93. The van der Waals surface area contributed by atoms with Gasteiger partial charge in [-0.2, -0.15) is 0 Å². The number of benzene rings is 2. The number of fused-ring (bicyclic) bond motifs is 2. The summed E-state index contributed by atoms with van der Waals surface area (Å²) in [4.78, 5) is 5.09. The molecule has 2 heterocycles. The number of nitrogens with zero attached hydrogens (tertiary/aromatic N) is 2. The Morgan fingerprint density at radius 3 is 2.44 bits per heavy atom. The lowest BCUT2D eigenvalue weighted by molar-refractivity contribution is 0.224. The highest BCUT2D eigenvalue weighted by atomic mass is 15.1. The van der Waals surface area contributed by atoms with Gasteiger partial charge in [-0.1, -0.05) is 48.9 Å². The lowest BCUT2D eigenvalue weighted by Crippen LogP contribution is -2.30. The molecule has 2 aliphatic heterocycles. The molecule has 0 aromatic heterocycles. The van der Waals surface area contributed by atoms with Gasteiger partial charge in [-0.3, -0.25) is 0 Å². The van der Waals surface area contributed by atoms with Crippen LogP contribution in [0.15, 0.2) is 48.5 Å². The van der Waals surface area contributed by atoms with Crippen LogP contribution in [0.5, 0.6) is 0 Å². The van der Waals surface area contributed by atoms with Crippen molar-refractivity contribution in [3.63, 3.8) is 0 Å². The van der Waals surface area contributed by atoms with E-state index in [2.05, 4.69) is 65.4 Å². The Bertz CT molecular complexity index is 703. The third-order valence-corrected chi connectivity index (χ3v) is 5.98. The molecule has 0 bridgehead atoms. The van der Waals surface area contributed by atoms with Gasteiger partial charge in [-0.25, -0.2) is 0 Å². The summed E-state index contributed by atoms with van der Waals surface area (Å²) in [6.07, 6.45) is 6.74. The van der Waals surface area contributed by atoms with Crippen molar-refractivity contribution in [2.24, 2.45) is 0 Å². The molecular weight excluding hydrogens is 304 g/mol. The van der Waals surface area contributed by atoms with Crippen LogP contribution in [0, 0.1) is 0 Å². The van der Waals surface area contributed by atoms with Gasteiger partial charge in [0.2, 0.25) is 0 Å². The minimum atomic E-state index is 0.530. The highest BCUT2D eigenvalue weighted by molar-refractivity contribution is 5.60. The zero-order chi connectivity index (χ0) is 17.1. The van der Waals surface area contributed by atoms with Crippen molar-refractivity contribution in [2.45, 2.75) is 44.6 Å². The molecule has 2 heteroatoms. The van der Waals surface area contributed by atoms with E-state index >= 15 is 0 Å². The molecule has 0 N–H and O–H groups in total. The summed E-state index contributed by atoms with van der Waals surface area (Å²) < 4.78 is 0. The molecule has 1 atom stereocenters. The molecule has 1 saturated heterocycles. The summed E-state index contributed by atoms with van der Waals surface area (Å²) in [5.74, 6) is 0.530. The topological polar surface area (TPSA) is 6.48 Å². The van der Waals surface area contributed by atoms with Crippen molar-refractivity contribution in [1.29, 1.82) is 0 Å². The SMILES string of the molecule is CN1Cc2ccccc2C(CCCN2CCCCC2)c2ccccc21. The van der Waals surface area contributed by atoms with Gasteiger partial charge < -0.3 is 9.80 Å². The lowest BCUT2D eigenvalue weighted by Gasteiger charge is -2.27. The van der Waals surface area contributed by atoms with Crippen LogP contribution in [0.1, 0.15) is 54.7 Å². The first kappa shape index (κ1) is 16.7. The number of hydrogen-bond donors (Lipinski definition) is 0. The smallest absolute Gasteiger partial charge is 0.0429 e. The zero-order valence-electron chi connectivity index (χ0n) is 15.5. The van der Waals surface area contributed by atoms with Crippen LogP contribution in [-0.4, -0.2) is 31.6 Å². The average molecular weight is 335 g/mol. The monoisotopic (exact) mass is 334 g/mol. The predicted molar refractivity (Wildman–Crippen MR) is 106 cm³/mol. The standard InChI is InChI=1S/C23H30N2/c1-24-18-19-10-3-4-11-20(19)21(22-12-5-6-14-23(22)24)13-9-17-25-15-7-2-8-16-25/h3-6,10-12,14,21H,2,7-9,13,15-18H2,1H3. The molecule has 0 amide bonds. The van der Waals surface area contributed by atoms with Crippen molar-refractivity contribution >= 4 is 5.69 Å². The van der Waals surface area contributed by atoms with Gasteiger partial charge >= 0.3 is 0 Å². The number of para-hydroxylation sites is 1. The fraction of sp³-hybridized carbons (Fsp3) is 0.478. The molecule has 2 aliphatic rings. The molecule has 2 nitrogen and oxygen atoms in total. The van der Waals surface area contributed by atoms with Gasteiger partial charge in [-0.05, 0) is 68.1 Å². The first-order valence-corrected chi connectivity index (χ1v) is 9.93. The Hall–Kier alpha value is -1.80. The average Bonchev–Trinajstić information content (AvgIpc) is 2.78. The molecule has 1 unspecified atom stereocenters. The minimum absolute atomic E-state index is 0.530. The molecule has 2 aromatic rings. The Kier molecular flexibility index (Phi) is 5.07. The quantitative estimate of drug-likeness (QED) is 0.773. The molecule has 0 spiro atoms. The van der Waals surface area contributed by atoms with Crippen molar-refractivity contribution in [3.05, 3.63) is 65.2 Å². The molecule has 2 aromatic carbocycles. The van der Waals surface area contributed by atoms with Gasteiger partial charge in [0, 0.05) is 25.2 Å². The largest absolute Gasteiger partial charge is 0.370 e. The van der Waals surface area contributed by atoms with Crippen LogP contribution in [0.25, 0.3) is 0 Å². The van der Waals surface area contributed by atoms with Crippen LogP contribution in [0.3, 0.4) is 0 Å². The van der Waals surface area contributed by atoms with Gasteiger partial charge in [0.15, 0.2) is 0 Å². The molecular formula is C23H30N2. The van der Waals surface area contributed by atoms with E-state index in [-0.39, 0.29) is 0 Å². The summed E-state index contributed by atoms with van der Waals surface area (Å²) in [5, 5.41) is 0. The van der Waals surface area contributed by atoms with E-state index in [0.717, 1.165) is 6.54 Å². The number of rotatable bonds is 4. The predicted octanol–water partition coefficient (Wildman–Crippen LogP) is 5.03. The van der Waals surface area contributed by atoms with Crippen molar-refractivity contribution in [3.8, 4) is 0 Å². The second-order valence-corrected chi connectivity index (χ2v) is 7.71. The summed E-state index contributed by atoms with van der Waals surface area (Å²) in [5.41, 5.74) is 5.94. The minimum Gasteiger partial charge on any atom is -0.370 e. The summed E-state index contributed by atoms with van der Waals surface area (Å²) in [6, 6.07) is 18.1. The number of likely N-dealkylation sites (tertiary alicyclic amines) is 1. The van der Waals surface area contributed by atoms with E-state index in [1.807, 2.05) is 0 Å². The molecule has 25 heavy (non-hydrogen) atoms. The van der Waals surface area contributed by atoms with Crippen LogP contribution in [0.2, 0.25) is 0 Å². The number of piperidine rings is 1. The normalized spacial score (nSPS) is 20.7. The van der Waals surface area contributed by atoms with Crippen LogP contribution < -0.4 is 4.90 Å². The molecule has 0 aliphatic carbocycles. The zero-order valence-corrected chi connectivity index (χ0v) is 15.5. The number of anilines is 1. The third-order valence-electron chi connectivity index (χ3n) is 5.98. The van der Waals surface area contributed by atoms with Crippen molar-refractivity contribution < 1.29 is 0 Å². The highest BCUT2D eigenvalue weighted by Gasteiger charge is 2.25. The van der Waals surface area contributed by atoms with E-state index in [4.69, 9.17) is 0 Å². The maximum atomic E-state index is 2.67. The van der Waals surface area contributed by atoms with E-state index in [1.54, 1.807) is 0 Å². The van der Waals surface area contributed by atoms with Gasteiger partial charge in [0.25, 0.3) is 0 Å². The highest BCUT2D eigenvalue weighted by Crippen LogP contribution is 2.40. The lowest BCUT2D eigenvalue weighted by atomic mass is 9.85. The summed E-state index contributed by atoms with van der Waals surface area (Å²) >= 11 is 0. The second kappa shape index (κ2) is 7.61. The van der Waals surface area contributed by atoms with Crippen LogP contribution >= 0.6 is 0 Å². The summed E-state index contributed by atoms with van der Waals surface area (Å²) in [6.45, 7) is 4.88. The fourth-order valence-electron chi connectivity index (χ4n) is 4.67. The van der Waals surface area contributed by atoms with Crippen molar-refractivity contribution in [1.82, 2.24) is 4.90 Å². The van der Waals surface area contributed by atoms with Gasteiger partial charge in [0.1, 0.15) is 0 Å². The Labute approximate surface area is 152 Å². The van der Waals surface area contributed by atoms with Crippen molar-refractivity contribution in [2.75, 3.05) is 31.6 Å². The third kappa shape index (κ3) is 3.59. The Morgan fingerprint density at radius 2 is 1.60 bits per heavy atom. The van der Waals surface area contributed by atoms with E-state index in [9.17, 15) is 0 Å². The Balaban J connectivity index is 1.57. The first-order chi connectivity index (χ1) is 12.3. The van der Waals surface area contributed by atoms with E-state index in [0.29, 0.717) is 5.92 Å². The fourth-order valence-corrected chi connectivity index (χ4v) is 4.67. The van der Waals surface area contributed by atoms with Crippen LogP contribution in [0.4, 0.5) is 5.69 Å². The molecule has 0 radical (unpaired) electrons. The van der Waals surface area contributed by atoms with Gasteiger partial charge in [0.05, 0.1) is 0 Å². The van der Waals surface area contributed by atoms with E-state index in [1.165, 1.54) is 74.1 Å². The molecule has 0 saturated carbocycles. The molecule has 1 fully saturated rings. The van der Waals surface area contributed by atoms with Crippen LogP contribution in [-0.2, 0) is 6.54 Å². The Morgan fingerprint density at radius 1 is 0.880 bits per heavy atom. The molecule has 132 valence electrons.